The lowest BCUT2D eigenvalue weighted by Gasteiger charge is -2.42. The molecule has 0 saturated heterocycles. The van der Waals surface area contributed by atoms with Crippen molar-refractivity contribution in [2.24, 2.45) is 0 Å². The van der Waals surface area contributed by atoms with E-state index >= 15 is 0 Å². The maximum atomic E-state index is 14.2. The Morgan fingerprint density at radius 3 is 2.35 bits per heavy atom. The lowest BCUT2D eigenvalue weighted by Crippen LogP contribution is -2.45. The van der Waals surface area contributed by atoms with Crippen molar-refractivity contribution in [2.45, 2.75) is 25.4 Å². The molecule has 6 nitrogen and oxygen atoms in total. The number of amides is 2. The van der Waals surface area contributed by atoms with Crippen molar-refractivity contribution in [3.05, 3.63) is 124 Å². The molecule has 2 atom stereocenters. The Bertz CT molecular complexity index is 1560. The van der Waals surface area contributed by atoms with Gasteiger partial charge in [0.15, 0.2) is 0 Å². The van der Waals surface area contributed by atoms with E-state index in [0.29, 0.717) is 33.3 Å². The molecule has 4 aromatic rings. The van der Waals surface area contributed by atoms with Crippen LogP contribution in [-0.2, 0) is 11.3 Å². The summed E-state index contributed by atoms with van der Waals surface area (Å²) in [6, 6.07) is 23.2. The second-order valence-electron chi connectivity index (χ2n) is 9.63. The highest BCUT2D eigenvalue weighted by molar-refractivity contribution is 6.31. The zero-order valence-corrected chi connectivity index (χ0v) is 23.0. The lowest BCUT2D eigenvalue weighted by molar-refractivity contribution is -0.119. The maximum absolute atomic E-state index is 14.2. The molecular formula is C32H28ClFN2O4. The van der Waals surface area contributed by atoms with Gasteiger partial charge in [-0.15, -0.1) is 0 Å². The van der Waals surface area contributed by atoms with Crippen LogP contribution >= 0.6 is 11.6 Å². The molecule has 8 heteroatoms. The Morgan fingerprint density at radius 2 is 1.68 bits per heavy atom. The van der Waals surface area contributed by atoms with Gasteiger partial charge < -0.3 is 19.7 Å². The molecule has 2 unspecified atom stereocenters. The third kappa shape index (κ3) is 5.25. The highest BCUT2D eigenvalue weighted by Gasteiger charge is 2.44. The van der Waals surface area contributed by atoms with Crippen LogP contribution < -0.4 is 14.8 Å². The van der Waals surface area contributed by atoms with Crippen LogP contribution in [0, 0.1) is 12.7 Å². The molecule has 1 heterocycles. The van der Waals surface area contributed by atoms with Crippen LogP contribution in [0.1, 0.15) is 44.6 Å². The number of carbonyl (C=O) groups excluding carboxylic acids is 2. The third-order valence-electron chi connectivity index (χ3n) is 7.18. The minimum Gasteiger partial charge on any atom is -0.497 e. The summed E-state index contributed by atoms with van der Waals surface area (Å²) >= 11 is 6.30. The van der Waals surface area contributed by atoms with Gasteiger partial charge in [0.25, 0.3) is 5.91 Å². The zero-order valence-electron chi connectivity index (χ0n) is 22.3. The summed E-state index contributed by atoms with van der Waals surface area (Å²) in [5.74, 6) is -0.597. The van der Waals surface area contributed by atoms with Crippen molar-refractivity contribution in [3.8, 4) is 11.5 Å². The van der Waals surface area contributed by atoms with Crippen LogP contribution in [-0.4, -0.2) is 30.9 Å². The molecular weight excluding hydrogens is 531 g/mol. The van der Waals surface area contributed by atoms with Crippen LogP contribution in [0.25, 0.3) is 0 Å². The molecule has 1 aliphatic heterocycles. The number of nitrogens with zero attached hydrogens (tertiary/aromatic N) is 1. The van der Waals surface area contributed by atoms with Crippen LogP contribution in [0.2, 0.25) is 5.02 Å². The predicted octanol–water partition coefficient (Wildman–Crippen LogP) is 6.92. The van der Waals surface area contributed by atoms with Gasteiger partial charge in [-0.3, -0.25) is 9.59 Å². The summed E-state index contributed by atoms with van der Waals surface area (Å²) in [5, 5.41) is 3.55. The Labute approximate surface area is 237 Å². The van der Waals surface area contributed by atoms with Gasteiger partial charge in [-0.2, -0.15) is 0 Å². The molecule has 1 aliphatic rings. The van der Waals surface area contributed by atoms with E-state index in [1.807, 2.05) is 31.2 Å². The highest BCUT2D eigenvalue weighted by Crippen LogP contribution is 2.45. The first kappa shape index (κ1) is 27.2. The number of rotatable bonds is 7. The van der Waals surface area contributed by atoms with Gasteiger partial charge in [0.1, 0.15) is 17.3 Å². The number of benzene rings is 4. The molecule has 0 aromatic heterocycles. The number of halogens is 2. The van der Waals surface area contributed by atoms with Crippen molar-refractivity contribution in [3.63, 3.8) is 0 Å². The first-order chi connectivity index (χ1) is 19.3. The minimum absolute atomic E-state index is 0.178. The summed E-state index contributed by atoms with van der Waals surface area (Å²) in [6.45, 7) is 2.02. The lowest BCUT2D eigenvalue weighted by atomic mass is 9.79. The third-order valence-corrected chi connectivity index (χ3v) is 7.59. The van der Waals surface area contributed by atoms with Gasteiger partial charge in [0, 0.05) is 23.2 Å². The SMILES string of the molecule is COc1ccc(C2C(C(=O)Nc3cc(C)c(Cl)cc3OC)c3ccccc3C(=O)N2Cc2ccc(F)cc2)cc1. The van der Waals surface area contributed by atoms with Crippen LogP contribution in [0.15, 0.2) is 84.9 Å². The number of methoxy groups -OCH3 is 2. The number of hydrogen-bond acceptors (Lipinski definition) is 4. The van der Waals surface area contributed by atoms with E-state index in [-0.39, 0.29) is 24.2 Å². The van der Waals surface area contributed by atoms with Crippen molar-refractivity contribution in [1.82, 2.24) is 4.90 Å². The standard InChI is InChI=1S/C32H28ClFN2O4/c1-19-16-27(28(40-3)17-26(19)33)35-31(37)29-24-6-4-5-7-25(24)32(38)36(18-20-8-12-22(34)13-9-20)30(29)21-10-14-23(39-2)15-11-21/h4-17,29-30H,18H2,1-3H3,(H,35,37). The van der Waals surface area contributed by atoms with Crippen LogP contribution in [0.3, 0.4) is 0 Å². The first-order valence-corrected chi connectivity index (χ1v) is 13.1. The molecule has 0 saturated carbocycles. The van der Waals surface area contributed by atoms with Gasteiger partial charge in [0.05, 0.1) is 31.9 Å². The molecule has 0 spiro atoms. The Balaban J connectivity index is 1.64. The van der Waals surface area contributed by atoms with E-state index in [1.54, 1.807) is 60.5 Å². The number of nitrogens with one attached hydrogen (secondary N) is 1. The average Bonchev–Trinajstić information content (AvgIpc) is 2.97. The summed E-state index contributed by atoms with van der Waals surface area (Å²) < 4.78 is 24.5. The molecule has 5 rings (SSSR count). The number of ether oxygens (including phenoxy) is 2. The van der Waals surface area contributed by atoms with Gasteiger partial charge in [-0.1, -0.05) is 54.1 Å². The molecule has 2 amide bonds. The molecule has 0 radical (unpaired) electrons. The van der Waals surface area contributed by atoms with Crippen LogP contribution in [0.4, 0.5) is 10.1 Å². The van der Waals surface area contributed by atoms with Crippen LogP contribution in [0.5, 0.6) is 11.5 Å². The van der Waals surface area contributed by atoms with E-state index < -0.39 is 12.0 Å². The minimum atomic E-state index is -0.775. The van der Waals surface area contributed by atoms with Crippen molar-refractivity contribution >= 4 is 29.1 Å². The fourth-order valence-corrected chi connectivity index (χ4v) is 5.30. The van der Waals surface area contributed by atoms with Gasteiger partial charge in [-0.25, -0.2) is 4.39 Å². The Kier molecular flexibility index (Phi) is 7.76. The predicted molar refractivity (Wildman–Crippen MR) is 153 cm³/mol. The quantitative estimate of drug-likeness (QED) is 0.267. The molecule has 40 heavy (non-hydrogen) atoms. The van der Waals surface area contributed by atoms with E-state index in [4.69, 9.17) is 21.1 Å². The fourth-order valence-electron chi connectivity index (χ4n) is 5.15. The molecule has 0 aliphatic carbocycles. The zero-order chi connectivity index (χ0) is 28.4. The van der Waals surface area contributed by atoms with Crippen molar-refractivity contribution in [1.29, 1.82) is 0 Å². The van der Waals surface area contributed by atoms with Gasteiger partial charge >= 0.3 is 0 Å². The molecule has 204 valence electrons. The highest BCUT2D eigenvalue weighted by atomic mass is 35.5. The number of carbonyl (C=O) groups is 2. The van der Waals surface area contributed by atoms with E-state index in [9.17, 15) is 14.0 Å². The normalized spacial score (nSPS) is 16.3. The Hall–Kier alpha value is -4.36. The number of anilines is 1. The number of hydrogen-bond donors (Lipinski definition) is 1. The number of fused-ring (bicyclic) bond motifs is 1. The van der Waals surface area contributed by atoms with Crippen molar-refractivity contribution < 1.29 is 23.5 Å². The average molecular weight is 559 g/mol. The molecule has 4 aromatic carbocycles. The van der Waals surface area contributed by atoms with Gasteiger partial charge in [0.2, 0.25) is 5.91 Å². The second-order valence-corrected chi connectivity index (χ2v) is 10.0. The Morgan fingerprint density at radius 1 is 0.975 bits per heavy atom. The molecule has 0 bridgehead atoms. The topological polar surface area (TPSA) is 67.9 Å². The summed E-state index contributed by atoms with van der Waals surface area (Å²) in [5.41, 5.74) is 3.80. The summed E-state index contributed by atoms with van der Waals surface area (Å²) in [7, 11) is 3.09. The smallest absolute Gasteiger partial charge is 0.255 e. The van der Waals surface area contributed by atoms with Crippen molar-refractivity contribution in [2.75, 3.05) is 19.5 Å². The largest absolute Gasteiger partial charge is 0.497 e. The van der Waals surface area contributed by atoms with E-state index in [2.05, 4.69) is 5.32 Å². The maximum Gasteiger partial charge on any atom is 0.255 e. The van der Waals surface area contributed by atoms with E-state index in [1.165, 1.54) is 19.2 Å². The second kappa shape index (κ2) is 11.4. The summed E-state index contributed by atoms with van der Waals surface area (Å²) in [6.07, 6.45) is 0. The van der Waals surface area contributed by atoms with E-state index in [0.717, 1.165) is 16.7 Å². The number of aryl methyl sites for hydroxylation is 1. The fraction of sp³-hybridized carbons (Fsp3) is 0.188. The first-order valence-electron chi connectivity index (χ1n) is 12.7. The summed E-state index contributed by atoms with van der Waals surface area (Å²) in [4.78, 5) is 29.9. The van der Waals surface area contributed by atoms with Gasteiger partial charge in [-0.05, 0) is 65.6 Å². The monoisotopic (exact) mass is 558 g/mol. The molecule has 1 N–H and O–H groups in total. The molecule has 0 fully saturated rings.